The summed E-state index contributed by atoms with van der Waals surface area (Å²) in [7, 11) is 0. The van der Waals surface area contributed by atoms with Crippen LogP contribution < -0.4 is 5.73 Å². The molecule has 0 aliphatic carbocycles. The minimum atomic E-state index is 0.397. The number of hydrogen-bond acceptors (Lipinski definition) is 4. The van der Waals surface area contributed by atoms with Gasteiger partial charge in [-0.05, 0) is 6.07 Å². The first kappa shape index (κ1) is 8.36. The van der Waals surface area contributed by atoms with E-state index in [2.05, 4.69) is 17.6 Å². The molecule has 0 amide bonds. The topological polar surface area (TPSA) is 48.1 Å². The molecule has 4 heteroatoms. The zero-order valence-electron chi connectivity index (χ0n) is 6.03. The van der Waals surface area contributed by atoms with Gasteiger partial charge in [0.2, 0.25) is 0 Å². The highest BCUT2D eigenvalue weighted by molar-refractivity contribution is 7.80. The molecule has 0 fully saturated rings. The lowest BCUT2D eigenvalue weighted by atomic mass is 10.2. The first-order valence-corrected chi connectivity index (χ1v) is 3.85. The number of pyridine rings is 1. The van der Waals surface area contributed by atoms with Crippen LogP contribution in [0.1, 0.15) is 5.56 Å². The summed E-state index contributed by atoms with van der Waals surface area (Å²) in [6.07, 6.45) is 3.35. The van der Waals surface area contributed by atoms with Crippen LogP contribution in [0.3, 0.4) is 0 Å². The van der Waals surface area contributed by atoms with E-state index in [0.717, 1.165) is 5.56 Å². The number of anilines is 1. The van der Waals surface area contributed by atoms with Crippen molar-refractivity contribution in [2.24, 2.45) is 0 Å². The van der Waals surface area contributed by atoms with Crippen molar-refractivity contribution in [1.82, 2.24) is 4.98 Å². The van der Waals surface area contributed by atoms with Crippen LogP contribution in [0.2, 0.25) is 0 Å². The average Bonchev–Trinajstić information content (AvgIpc) is 2.03. The first-order valence-electron chi connectivity index (χ1n) is 3.21. The van der Waals surface area contributed by atoms with Crippen LogP contribution in [-0.2, 0) is 11.3 Å². The lowest BCUT2D eigenvalue weighted by molar-refractivity contribution is 0.170. The van der Waals surface area contributed by atoms with Gasteiger partial charge in [0.15, 0.2) is 0 Å². The number of thiol groups is 1. The van der Waals surface area contributed by atoms with Crippen molar-refractivity contribution in [1.29, 1.82) is 0 Å². The standard InChI is InChI=1S/C7H10N2OS/c8-7-1-2-9-3-6(7)4-10-5-11/h1-3,11H,4-5H2,(H2,8,9). The van der Waals surface area contributed by atoms with Gasteiger partial charge in [-0.25, -0.2) is 0 Å². The van der Waals surface area contributed by atoms with Crippen LogP contribution in [0, 0.1) is 0 Å². The average molecular weight is 170 g/mol. The largest absolute Gasteiger partial charge is 0.398 e. The van der Waals surface area contributed by atoms with E-state index in [9.17, 15) is 0 Å². The summed E-state index contributed by atoms with van der Waals surface area (Å²) in [5, 5.41) is 0. The Morgan fingerprint density at radius 1 is 1.64 bits per heavy atom. The molecule has 1 aromatic rings. The van der Waals surface area contributed by atoms with Crippen molar-refractivity contribution in [2.75, 3.05) is 11.7 Å². The summed E-state index contributed by atoms with van der Waals surface area (Å²) < 4.78 is 5.04. The summed E-state index contributed by atoms with van der Waals surface area (Å²) in [6.45, 7) is 0.475. The quantitative estimate of drug-likeness (QED) is 0.527. The zero-order chi connectivity index (χ0) is 8.10. The number of hydrogen-bond donors (Lipinski definition) is 2. The summed E-state index contributed by atoms with van der Waals surface area (Å²) in [6, 6.07) is 1.75. The summed E-state index contributed by atoms with van der Waals surface area (Å²) in [5.74, 6) is 0.397. The molecule has 0 bridgehead atoms. The predicted molar refractivity (Wildman–Crippen MR) is 47.3 cm³/mol. The molecule has 1 aromatic heterocycles. The van der Waals surface area contributed by atoms with Crippen molar-refractivity contribution in [3.63, 3.8) is 0 Å². The van der Waals surface area contributed by atoms with Crippen LogP contribution in [0.25, 0.3) is 0 Å². The Labute approximate surface area is 71.0 Å². The van der Waals surface area contributed by atoms with Crippen LogP contribution in [0.5, 0.6) is 0 Å². The van der Waals surface area contributed by atoms with Gasteiger partial charge >= 0.3 is 0 Å². The Morgan fingerprint density at radius 2 is 2.45 bits per heavy atom. The Hall–Kier alpha value is -0.740. The normalized spacial score (nSPS) is 9.91. The molecule has 60 valence electrons. The maximum Gasteiger partial charge on any atom is 0.0897 e. The Morgan fingerprint density at radius 3 is 3.09 bits per heavy atom. The third-order valence-electron chi connectivity index (χ3n) is 1.29. The molecule has 1 rings (SSSR count). The fourth-order valence-corrected chi connectivity index (χ4v) is 0.805. The molecule has 0 atom stereocenters. The number of ether oxygens (including phenoxy) is 1. The summed E-state index contributed by atoms with van der Waals surface area (Å²) in [4.78, 5) is 3.91. The van der Waals surface area contributed by atoms with Gasteiger partial charge in [-0.1, -0.05) is 0 Å². The fraction of sp³-hybridized carbons (Fsp3) is 0.286. The molecule has 0 unspecified atom stereocenters. The monoisotopic (exact) mass is 170 g/mol. The van der Waals surface area contributed by atoms with Crippen molar-refractivity contribution in [3.05, 3.63) is 24.0 Å². The van der Waals surface area contributed by atoms with Gasteiger partial charge in [0.25, 0.3) is 0 Å². The molecule has 0 radical (unpaired) electrons. The van der Waals surface area contributed by atoms with Gasteiger partial charge in [-0.2, -0.15) is 12.6 Å². The van der Waals surface area contributed by atoms with Crippen molar-refractivity contribution in [2.45, 2.75) is 6.61 Å². The van der Waals surface area contributed by atoms with E-state index in [1.807, 2.05) is 0 Å². The third kappa shape index (κ3) is 2.40. The van der Waals surface area contributed by atoms with Gasteiger partial charge in [-0.15, -0.1) is 0 Å². The van der Waals surface area contributed by atoms with Crippen molar-refractivity contribution >= 4 is 18.3 Å². The molecule has 0 aromatic carbocycles. The Balaban J connectivity index is 2.62. The Kier molecular flexibility index (Phi) is 3.19. The fourth-order valence-electron chi connectivity index (χ4n) is 0.714. The molecule has 1 heterocycles. The highest BCUT2D eigenvalue weighted by atomic mass is 32.1. The first-order chi connectivity index (χ1) is 5.34. The van der Waals surface area contributed by atoms with E-state index in [0.29, 0.717) is 18.2 Å². The third-order valence-corrected chi connectivity index (χ3v) is 1.47. The van der Waals surface area contributed by atoms with Gasteiger partial charge in [0, 0.05) is 23.6 Å². The van der Waals surface area contributed by atoms with Gasteiger partial charge < -0.3 is 10.5 Å². The second kappa shape index (κ2) is 4.20. The smallest absolute Gasteiger partial charge is 0.0897 e. The highest BCUT2D eigenvalue weighted by Crippen LogP contribution is 2.09. The van der Waals surface area contributed by atoms with E-state index < -0.39 is 0 Å². The number of nitrogens with zero attached hydrogens (tertiary/aromatic N) is 1. The molecule has 11 heavy (non-hydrogen) atoms. The molecule has 2 N–H and O–H groups in total. The molecule has 0 saturated carbocycles. The maximum atomic E-state index is 5.62. The van der Waals surface area contributed by atoms with Gasteiger partial charge in [0.05, 0.1) is 12.5 Å². The van der Waals surface area contributed by atoms with E-state index in [1.54, 1.807) is 18.5 Å². The summed E-state index contributed by atoms with van der Waals surface area (Å²) in [5.41, 5.74) is 7.23. The minimum absolute atomic E-state index is 0.397. The molecule has 0 saturated heterocycles. The minimum Gasteiger partial charge on any atom is -0.398 e. The maximum absolute atomic E-state index is 5.62. The second-order valence-electron chi connectivity index (χ2n) is 2.05. The van der Waals surface area contributed by atoms with Gasteiger partial charge in [0.1, 0.15) is 0 Å². The number of aromatic nitrogens is 1. The highest BCUT2D eigenvalue weighted by Gasteiger charge is 1.96. The Bertz CT molecular complexity index is 229. The number of rotatable bonds is 3. The van der Waals surface area contributed by atoms with Crippen LogP contribution in [0.4, 0.5) is 5.69 Å². The lowest BCUT2D eigenvalue weighted by Gasteiger charge is -2.02. The molecule has 3 nitrogen and oxygen atoms in total. The van der Waals surface area contributed by atoms with Crippen LogP contribution in [0.15, 0.2) is 18.5 Å². The molecule has 0 aliphatic rings. The molecule has 0 aliphatic heterocycles. The van der Waals surface area contributed by atoms with Gasteiger partial charge in [-0.3, -0.25) is 4.98 Å². The van der Waals surface area contributed by atoms with Crippen LogP contribution >= 0.6 is 12.6 Å². The molecular formula is C7H10N2OS. The lowest BCUT2D eigenvalue weighted by Crippen LogP contribution is -1.97. The van der Waals surface area contributed by atoms with E-state index in [-0.39, 0.29) is 0 Å². The number of nitrogen functional groups attached to an aromatic ring is 1. The zero-order valence-corrected chi connectivity index (χ0v) is 6.92. The van der Waals surface area contributed by atoms with Crippen molar-refractivity contribution < 1.29 is 4.74 Å². The van der Waals surface area contributed by atoms with Crippen molar-refractivity contribution in [3.8, 4) is 0 Å². The van der Waals surface area contributed by atoms with E-state index in [4.69, 9.17) is 10.5 Å². The molecule has 0 spiro atoms. The second-order valence-corrected chi connectivity index (χ2v) is 2.31. The van der Waals surface area contributed by atoms with E-state index in [1.165, 1.54) is 0 Å². The predicted octanol–water partition coefficient (Wildman–Crippen LogP) is 1.07. The number of nitrogens with two attached hydrogens (primary N) is 1. The summed E-state index contributed by atoms with van der Waals surface area (Å²) >= 11 is 3.90. The SMILES string of the molecule is Nc1ccncc1COCS. The van der Waals surface area contributed by atoms with Crippen LogP contribution in [-0.4, -0.2) is 10.9 Å². The van der Waals surface area contributed by atoms with E-state index >= 15 is 0 Å². The molecular weight excluding hydrogens is 160 g/mol.